The van der Waals surface area contributed by atoms with Crippen LogP contribution < -0.4 is 0 Å². The summed E-state index contributed by atoms with van der Waals surface area (Å²) in [5.74, 6) is -0.290. The van der Waals surface area contributed by atoms with E-state index in [9.17, 15) is 13.2 Å². The molecule has 1 fully saturated rings. The average molecular weight is 427 g/mol. The van der Waals surface area contributed by atoms with Crippen LogP contribution in [0.25, 0.3) is 0 Å². The minimum atomic E-state index is -3.64. The van der Waals surface area contributed by atoms with Crippen LogP contribution in [0, 0.1) is 18.3 Å². The fraction of sp³-hybridized carbons (Fsp3) is 0.409. The summed E-state index contributed by atoms with van der Waals surface area (Å²) in [4.78, 5) is 19.1. The molecule has 3 rings (SSSR count). The number of aryl methyl sites for hydroxylation is 1. The molecular formula is C22H26N4O3S. The lowest BCUT2D eigenvalue weighted by Crippen LogP contribution is -2.36. The molecule has 2 aromatic rings. The van der Waals surface area contributed by atoms with Crippen molar-refractivity contribution in [2.45, 2.75) is 44.0 Å². The number of piperidine rings is 1. The first-order chi connectivity index (χ1) is 14.4. The first-order valence-corrected chi connectivity index (χ1v) is 11.5. The fourth-order valence-corrected chi connectivity index (χ4v) is 5.11. The summed E-state index contributed by atoms with van der Waals surface area (Å²) >= 11 is 0. The summed E-state index contributed by atoms with van der Waals surface area (Å²) in [6, 6.07) is 10.4. The molecule has 1 aromatic carbocycles. The summed E-state index contributed by atoms with van der Waals surface area (Å²) < 4.78 is 27.6. The number of carbonyl (C=O) groups is 1. The van der Waals surface area contributed by atoms with Crippen molar-refractivity contribution < 1.29 is 13.2 Å². The van der Waals surface area contributed by atoms with Gasteiger partial charge in [-0.05, 0) is 49.1 Å². The van der Waals surface area contributed by atoms with Crippen molar-refractivity contribution >= 4 is 15.9 Å². The standard InChI is InChI=1S/C22H26N4O3S/c1-18-8-9-20(30(28,29)26-13-3-2-4-14-26)15-21(18)22(27)25(12-6-10-23)17-19-7-5-11-24-16-19/h5,7-9,11,15-16H,2-4,6,12-14,17H2,1H3. The topological polar surface area (TPSA) is 94.4 Å². The van der Waals surface area contributed by atoms with Gasteiger partial charge < -0.3 is 4.90 Å². The number of nitriles is 1. The second kappa shape index (κ2) is 9.83. The largest absolute Gasteiger partial charge is 0.333 e. The highest BCUT2D eigenvalue weighted by Crippen LogP contribution is 2.24. The van der Waals surface area contributed by atoms with Gasteiger partial charge in [0.1, 0.15) is 0 Å². The number of sulfonamides is 1. The number of pyridine rings is 1. The highest BCUT2D eigenvalue weighted by molar-refractivity contribution is 7.89. The van der Waals surface area contributed by atoms with Crippen molar-refractivity contribution in [2.75, 3.05) is 19.6 Å². The van der Waals surface area contributed by atoms with Crippen molar-refractivity contribution in [2.24, 2.45) is 0 Å². The highest BCUT2D eigenvalue weighted by atomic mass is 32.2. The second-order valence-electron chi connectivity index (χ2n) is 7.44. The van der Waals surface area contributed by atoms with Crippen molar-refractivity contribution in [1.82, 2.24) is 14.2 Å². The number of rotatable bonds is 7. The number of aromatic nitrogens is 1. The Hall–Kier alpha value is -2.76. The molecule has 0 saturated carbocycles. The predicted molar refractivity (Wildman–Crippen MR) is 113 cm³/mol. The minimum absolute atomic E-state index is 0.139. The molecule has 1 aliphatic rings. The Morgan fingerprint density at radius 3 is 2.67 bits per heavy atom. The zero-order valence-electron chi connectivity index (χ0n) is 17.1. The third kappa shape index (κ3) is 5.04. The minimum Gasteiger partial charge on any atom is -0.333 e. The van der Waals surface area contributed by atoms with Crippen molar-refractivity contribution in [3.8, 4) is 6.07 Å². The van der Waals surface area contributed by atoms with Crippen LogP contribution in [0.1, 0.15) is 47.2 Å². The zero-order valence-corrected chi connectivity index (χ0v) is 17.9. The lowest BCUT2D eigenvalue weighted by atomic mass is 10.1. The van der Waals surface area contributed by atoms with E-state index in [1.54, 1.807) is 42.4 Å². The second-order valence-corrected chi connectivity index (χ2v) is 9.38. The van der Waals surface area contributed by atoms with E-state index < -0.39 is 10.0 Å². The third-order valence-electron chi connectivity index (χ3n) is 5.27. The maximum atomic E-state index is 13.3. The normalized spacial score (nSPS) is 14.8. The van der Waals surface area contributed by atoms with Crippen molar-refractivity contribution in [3.05, 3.63) is 59.4 Å². The van der Waals surface area contributed by atoms with E-state index >= 15 is 0 Å². The highest BCUT2D eigenvalue weighted by Gasteiger charge is 2.28. The van der Waals surface area contributed by atoms with E-state index in [4.69, 9.17) is 5.26 Å². The number of hydrogen-bond donors (Lipinski definition) is 0. The molecular weight excluding hydrogens is 400 g/mol. The third-order valence-corrected chi connectivity index (χ3v) is 7.16. The molecule has 158 valence electrons. The predicted octanol–water partition coefficient (Wildman–Crippen LogP) is 3.12. The molecule has 1 amide bonds. The Morgan fingerprint density at radius 2 is 2.00 bits per heavy atom. The number of carbonyl (C=O) groups excluding carboxylic acids is 1. The van der Waals surface area contributed by atoms with E-state index in [0.29, 0.717) is 30.8 Å². The van der Waals surface area contributed by atoms with Crippen LogP contribution in [-0.4, -0.2) is 48.1 Å². The Balaban J connectivity index is 1.91. The number of hydrogen-bond acceptors (Lipinski definition) is 5. The first-order valence-electron chi connectivity index (χ1n) is 10.1. The monoisotopic (exact) mass is 426 g/mol. The van der Waals surface area contributed by atoms with Gasteiger partial charge in [0.25, 0.3) is 5.91 Å². The van der Waals surface area contributed by atoms with Gasteiger partial charge in [-0.25, -0.2) is 8.42 Å². The Kier molecular flexibility index (Phi) is 7.19. The maximum absolute atomic E-state index is 13.3. The van der Waals surface area contributed by atoms with Crippen LogP contribution in [0.2, 0.25) is 0 Å². The molecule has 0 N–H and O–H groups in total. The smallest absolute Gasteiger partial charge is 0.254 e. The van der Waals surface area contributed by atoms with Gasteiger partial charge in [0, 0.05) is 44.1 Å². The molecule has 1 aromatic heterocycles. The Bertz CT molecular complexity index is 1030. The summed E-state index contributed by atoms with van der Waals surface area (Å²) in [5.41, 5.74) is 1.89. The van der Waals surface area contributed by atoms with Gasteiger partial charge in [-0.3, -0.25) is 9.78 Å². The van der Waals surface area contributed by atoms with Crippen LogP contribution in [-0.2, 0) is 16.6 Å². The Labute approximate surface area is 178 Å². The van der Waals surface area contributed by atoms with Crippen LogP contribution in [0.4, 0.5) is 0 Å². The molecule has 0 radical (unpaired) electrons. The SMILES string of the molecule is Cc1ccc(S(=O)(=O)N2CCCCC2)cc1C(=O)N(CCC#N)Cc1cccnc1. The lowest BCUT2D eigenvalue weighted by Gasteiger charge is -2.27. The summed E-state index contributed by atoms with van der Waals surface area (Å²) in [7, 11) is -3.64. The summed E-state index contributed by atoms with van der Waals surface area (Å²) in [6.07, 6.45) is 6.26. The van der Waals surface area contributed by atoms with E-state index in [0.717, 1.165) is 24.8 Å². The van der Waals surface area contributed by atoms with Gasteiger partial charge in [0.05, 0.1) is 17.4 Å². The molecule has 30 heavy (non-hydrogen) atoms. The Morgan fingerprint density at radius 1 is 1.23 bits per heavy atom. The van der Waals surface area contributed by atoms with Crippen molar-refractivity contribution in [1.29, 1.82) is 5.26 Å². The molecule has 1 saturated heterocycles. The summed E-state index contributed by atoms with van der Waals surface area (Å²) in [5, 5.41) is 9.00. The maximum Gasteiger partial charge on any atom is 0.254 e. The molecule has 0 bridgehead atoms. The van der Waals surface area contributed by atoms with Crippen LogP contribution >= 0.6 is 0 Å². The van der Waals surface area contributed by atoms with Gasteiger partial charge in [0.15, 0.2) is 0 Å². The number of benzene rings is 1. The van der Waals surface area contributed by atoms with Gasteiger partial charge >= 0.3 is 0 Å². The molecule has 1 aliphatic heterocycles. The zero-order chi connectivity index (χ0) is 21.6. The molecule has 0 unspecified atom stereocenters. The molecule has 0 spiro atoms. The molecule has 0 aliphatic carbocycles. The van der Waals surface area contributed by atoms with Gasteiger partial charge in [-0.2, -0.15) is 9.57 Å². The lowest BCUT2D eigenvalue weighted by molar-refractivity contribution is 0.0745. The van der Waals surface area contributed by atoms with E-state index in [1.807, 2.05) is 6.07 Å². The quantitative estimate of drug-likeness (QED) is 0.678. The first kappa shape index (κ1) is 21.9. The van der Waals surface area contributed by atoms with E-state index in [-0.39, 0.29) is 23.8 Å². The molecule has 0 atom stereocenters. The van der Waals surface area contributed by atoms with Crippen LogP contribution in [0.3, 0.4) is 0 Å². The van der Waals surface area contributed by atoms with Gasteiger partial charge in [-0.15, -0.1) is 0 Å². The van der Waals surface area contributed by atoms with Crippen LogP contribution in [0.15, 0.2) is 47.6 Å². The number of amides is 1. The molecule has 2 heterocycles. The van der Waals surface area contributed by atoms with Crippen LogP contribution in [0.5, 0.6) is 0 Å². The van der Waals surface area contributed by atoms with E-state index in [1.165, 1.54) is 10.4 Å². The van der Waals surface area contributed by atoms with Crippen molar-refractivity contribution in [3.63, 3.8) is 0 Å². The van der Waals surface area contributed by atoms with Gasteiger partial charge in [0.2, 0.25) is 10.0 Å². The fourth-order valence-electron chi connectivity index (χ4n) is 3.57. The van der Waals surface area contributed by atoms with Gasteiger partial charge in [-0.1, -0.05) is 18.6 Å². The molecule has 7 nitrogen and oxygen atoms in total. The summed E-state index contributed by atoms with van der Waals surface area (Å²) in [6.45, 7) is 3.37. The van der Waals surface area contributed by atoms with E-state index in [2.05, 4.69) is 11.1 Å². The number of nitrogens with zero attached hydrogens (tertiary/aromatic N) is 4. The average Bonchev–Trinajstić information content (AvgIpc) is 2.77. The molecule has 8 heteroatoms.